The maximum absolute atomic E-state index is 6.43. The number of benzene rings is 2. The molecule has 2 aromatic carbocycles. The van der Waals surface area contributed by atoms with Crippen LogP contribution in [0.1, 0.15) is 37.4 Å². The van der Waals surface area contributed by atoms with E-state index in [1.807, 2.05) is 36.4 Å². The van der Waals surface area contributed by atoms with E-state index in [1.165, 1.54) is 19.4 Å². The fourth-order valence-corrected chi connectivity index (χ4v) is 5.16. The first-order valence-corrected chi connectivity index (χ1v) is 11.4. The predicted octanol–water partition coefficient (Wildman–Crippen LogP) is 4.69. The van der Waals surface area contributed by atoms with Crippen LogP contribution in [-0.2, 0) is 9.47 Å². The Morgan fingerprint density at radius 2 is 1.69 bits per heavy atom. The summed E-state index contributed by atoms with van der Waals surface area (Å²) in [6, 6.07) is 16.3. The molecule has 6 nitrogen and oxygen atoms in total. The Morgan fingerprint density at radius 1 is 0.938 bits per heavy atom. The fourth-order valence-electron chi connectivity index (χ4n) is 5.16. The van der Waals surface area contributed by atoms with Crippen LogP contribution in [0.4, 0.5) is 0 Å². The fraction of sp³-hybridized carbons (Fsp3) is 0.538. The zero-order chi connectivity index (χ0) is 22.6. The van der Waals surface area contributed by atoms with Crippen molar-refractivity contribution in [3.05, 3.63) is 54.1 Å². The molecule has 0 N–H and O–H groups in total. The van der Waals surface area contributed by atoms with Crippen molar-refractivity contribution >= 4 is 0 Å². The second kappa shape index (κ2) is 10.1. The average Bonchev–Trinajstić information content (AvgIpc) is 3.43. The Morgan fingerprint density at radius 3 is 2.38 bits per heavy atom. The van der Waals surface area contributed by atoms with Gasteiger partial charge in [-0.1, -0.05) is 24.3 Å². The molecule has 2 aliphatic heterocycles. The Labute approximate surface area is 191 Å². The van der Waals surface area contributed by atoms with E-state index in [0.29, 0.717) is 12.6 Å². The molecule has 3 unspecified atom stereocenters. The molecule has 1 aliphatic carbocycles. The number of rotatable bonds is 4. The summed E-state index contributed by atoms with van der Waals surface area (Å²) in [5, 5.41) is 0. The highest BCUT2D eigenvalue weighted by atomic mass is 16.7. The molecular formula is C26H35NO5. The third-order valence-corrected chi connectivity index (χ3v) is 6.99. The van der Waals surface area contributed by atoms with Crippen LogP contribution in [-0.4, -0.2) is 58.3 Å². The van der Waals surface area contributed by atoms with E-state index in [2.05, 4.69) is 24.1 Å². The van der Waals surface area contributed by atoms with Crippen molar-refractivity contribution in [1.29, 1.82) is 0 Å². The summed E-state index contributed by atoms with van der Waals surface area (Å²) in [5.41, 5.74) is 1.15. The van der Waals surface area contributed by atoms with Crippen LogP contribution in [0.5, 0.6) is 17.2 Å². The Balaban J connectivity index is 0.000000207. The number of nitrogens with zero attached hydrogens (tertiary/aromatic N) is 1. The van der Waals surface area contributed by atoms with Gasteiger partial charge in [0.2, 0.25) is 0 Å². The summed E-state index contributed by atoms with van der Waals surface area (Å²) in [7, 11) is 7.18. The summed E-state index contributed by atoms with van der Waals surface area (Å²) in [6.07, 6.45) is 4.62. The van der Waals surface area contributed by atoms with E-state index < -0.39 is 0 Å². The van der Waals surface area contributed by atoms with Gasteiger partial charge in [0.1, 0.15) is 11.9 Å². The molecule has 3 fully saturated rings. The maximum Gasteiger partial charge on any atom is 0.170 e. The van der Waals surface area contributed by atoms with Crippen molar-refractivity contribution in [3.8, 4) is 17.2 Å². The standard InChI is InChI=1S/C18H25NO3.C8H10O2/c1-19-9-7-13-6-8-18(11-16(13)19)21-12-17(22-18)14-4-3-5-15(10-14)20-2;1-9-7-5-3-4-6-8(7)10-2/h3-5,10,13,16-17H,6-9,11-12H2,1-2H3;3-6H,1-2H3/t13?,16-,17?,18?;/m0./s1. The Hall–Kier alpha value is -2.28. The summed E-state index contributed by atoms with van der Waals surface area (Å²) >= 11 is 0. The number of likely N-dealkylation sites (tertiary alicyclic amines) is 1. The van der Waals surface area contributed by atoms with Crippen molar-refractivity contribution in [1.82, 2.24) is 4.90 Å². The summed E-state index contributed by atoms with van der Waals surface area (Å²) in [6.45, 7) is 1.86. The molecule has 0 amide bonds. The van der Waals surface area contributed by atoms with E-state index in [0.717, 1.165) is 41.6 Å². The van der Waals surface area contributed by atoms with E-state index in [-0.39, 0.29) is 11.9 Å². The van der Waals surface area contributed by atoms with E-state index in [1.54, 1.807) is 21.3 Å². The highest BCUT2D eigenvalue weighted by molar-refractivity contribution is 5.39. The third kappa shape index (κ3) is 4.87. The first kappa shape index (κ1) is 22.9. The highest BCUT2D eigenvalue weighted by Crippen LogP contribution is 2.47. The van der Waals surface area contributed by atoms with Gasteiger partial charge in [0, 0.05) is 18.9 Å². The molecule has 2 aromatic rings. The van der Waals surface area contributed by atoms with Crippen molar-refractivity contribution in [2.24, 2.45) is 5.92 Å². The number of hydrogen-bond acceptors (Lipinski definition) is 6. The number of para-hydroxylation sites is 2. The average molecular weight is 442 g/mol. The van der Waals surface area contributed by atoms with Crippen molar-refractivity contribution in [2.75, 3.05) is 41.5 Å². The lowest BCUT2D eigenvalue weighted by molar-refractivity contribution is -0.201. The summed E-state index contributed by atoms with van der Waals surface area (Å²) < 4.78 is 28.0. The van der Waals surface area contributed by atoms with Gasteiger partial charge in [0.25, 0.3) is 0 Å². The van der Waals surface area contributed by atoms with Crippen LogP contribution in [0.2, 0.25) is 0 Å². The minimum atomic E-state index is -0.368. The number of ether oxygens (including phenoxy) is 5. The first-order chi connectivity index (χ1) is 15.6. The first-order valence-electron chi connectivity index (χ1n) is 11.4. The molecular weight excluding hydrogens is 406 g/mol. The van der Waals surface area contributed by atoms with Gasteiger partial charge < -0.3 is 28.6 Å². The van der Waals surface area contributed by atoms with Crippen LogP contribution in [0.25, 0.3) is 0 Å². The lowest BCUT2D eigenvalue weighted by atomic mass is 9.81. The summed E-state index contributed by atoms with van der Waals surface area (Å²) in [5.74, 6) is 2.88. The predicted molar refractivity (Wildman–Crippen MR) is 123 cm³/mol. The summed E-state index contributed by atoms with van der Waals surface area (Å²) in [4.78, 5) is 2.48. The van der Waals surface area contributed by atoms with Gasteiger partial charge in [-0.15, -0.1) is 0 Å². The molecule has 0 aromatic heterocycles. The zero-order valence-corrected chi connectivity index (χ0v) is 19.6. The smallest absolute Gasteiger partial charge is 0.170 e. The lowest BCUT2D eigenvalue weighted by Gasteiger charge is -2.40. The molecule has 6 heteroatoms. The minimum absolute atomic E-state index is 0.0263. The maximum atomic E-state index is 6.43. The molecule has 0 bridgehead atoms. The van der Waals surface area contributed by atoms with E-state index >= 15 is 0 Å². The second-order valence-corrected chi connectivity index (χ2v) is 8.80. The normalized spacial score (nSPS) is 29.2. The monoisotopic (exact) mass is 441 g/mol. The third-order valence-electron chi connectivity index (χ3n) is 6.99. The van der Waals surface area contributed by atoms with Gasteiger partial charge >= 0.3 is 0 Å². The molecule has 5 rings (SSSR count). The van der Waals surface area contributed by atoms with Crippen molar-refractivity contribution < 1.29 is 23.7 Å². The van der Waals surface area contributed by atoms with Gasteiger partial charge in [-0.2, -0.15) is 0 Å². The molecule has 0 radical (unpaired) electrons. The highest BCUT2D eigenvalue weighted by Gasteiger charge is 2.50. The van der Waals surface area contributed by atoms with Gasteiger partial charge in [0.05, 0.1) is 27.9 Å². The van der Waals surface area contributed by atoms with Crippen molar-refractivity contribution in [2.45, 2.75) is 43.6 Å². The van der Waals surface area contributed by atoms with Crippen LogP contribution >= 0.6 is 0 Å². The molecule has 174 valence electrons. The number of hydrogen-bond donors (Lipinski definition) is 0. The molecule has 1 spiro atoms. The van der Waals surface area contributed by atoms with E-state index in [9.17, 15) is 0 Å². The quantitative estimate of drug-likeness (QED) is 0.686. The van der Waals surface area contributed by atoms with Crippen LogP contribution in [0, 0.1) is 5.92 Å². The van der Waals surface area contributed by atoms with Gasteiger partial charge in [0.15, 0.2) is 17.3 Å². The molecule has 1 saturated carbocycles. The molecule has 4 atom stereocenters. The lowest BCUT2D eigenvalue weighted by Crippen LogP contribution is -2.45. The minimum Gasteiger partial charge on any atom is -0.497 e. The number of fused-ring (bicyclic) bond motifs is 1. The largest absolute Gasteiger partial charge is 0.497 e. The van der Waals surface area contributed by atoms with Crippen molar-refractivity contribution in [3.63, 3.8) is 0 Å². The SMILES string of the molecule is COc1cccc(C2COC3(CCC4CCN(C)[C@H]4C3)O2)c1.COc1ccccc1OC. The molecule has 3 aliphatic rings. The molecule has 32 heavy (non-hydrogen) atoms. The Kier molecular flexibility index (Phi) is 7.23. The van der Waals surface area contributed by atoms with Gasteiger partial charge in [-0.05, 0) is 62.2 Å². The van der Waals surface area contributed by atoms with Crippen LogP contribution < -0.4 is 14.2 Å². The second-order valence-electron chi connectivity index (χ2n) is 8.80. The topological polar surface area (TPSA) is 49.4 Å². The number of methoxy groups -OCH3 is 3. The zero-order valence-electron chi connectivity index (χ0n) is 19.6. The van der Waals surface area contributed by atoms with Gasteiger partial charge in [-0.3, -0.25) is 0 Å². The molecule has 2 saturated heterocycles. The van der Waals surface area contributed by atoms with Gasteiger partial charge in [-0.25, -0.2) is 0 Å². The Bertz CT molecular complexity index is 867. The van der Waals surface area contributed by atoms with Crippen LogP contribution in [0.15, 0.2) is 48.5 Å². The molecule has 2 heterocycles. The van der Waals surface area contributed by atoms with E-state index in [4.69, 9.17) is 23.7 Å². The van der Waals surface area contributed by atoms with Crippen LogP contribution in [0.3, 0.4) is 0 Å².